The van der Waals surface area contributed by atoms with Crippen molar-refractivity contribution in [1.82, 2.24) is 9.97 Å². The van der Waals surface area contributed by atoms with E-state index in [2.05, 4.69) is 15.3 Å². The van der Waals surface area contributed by atoms with Crippen molar-refractivity contribution in [3.8, 4) is 11.1 Å². The zero-order valence-corrected chi connectivity index (χ0v) is 12.1. The summed E-state index contributed by atoms with van der Waals surface area (Å²) in [5.41, 5.74) is 2.81. The van der Waals surface area contributed by atoms with Crippen LogP contribution in [-0.2, 0) is 0 Å². The van der Waals surface area contributed by atoms with E-state index in [0.717, 1.165) is 23.1 Å². The number of rotatable bonds is 6. The molecule has 4 N–H and O–H groups in total. The van der Waals surface area contributed by atoms with E-state index in [1.54, 1.807) is 18.5 Å². The predicted molar refractivity (Wildman–Crippen MR) is 80.5 cm³/mol. The number of nitrogens with zero attached hydrogens (tertiary/aromatic N) is 1. The first-order valence-electron chi connectivity index (χ1n) is 6.81. The molecule has 1 atom stereocenters. The molecule has 112 valence electrons. The molecule has 1 unspecified atom stereocenters. The summed E-state index contributed by atoms with van der Waals surface area (Å²) in [7, 11) is 0. The fourth-order valence-electron chi connectivity index (χ4n) is 2.07. The standard InChI is InChI=1S/C15H19N3O3/c1-3-11(8-19)18-14-5-12(9(2)6-17-14)10-4-13(15(20)21)16-7-10/h4-7,11,16,19H,3,8H2,1-2H3,(H,17,18)(H,20,21). The van der Waals surface area contributed by atoms with E-state index in [1.165, 1.54) is 0 Å². The number of carboxylic acid groups (broad SMARTS) is 1. The number of aromatic carboxylic acids is 1. The highest BCUT2D eigenvalue weighted by atomic mass is 16.4. The van der Waals surface area contributed by atoms with Gasteiger partial charge in [0, 0.05) is 18.0 Å². The van der Waals surface area contributed by atoms with Gasteiger partial charge in [0.15, 0.2) is 0 Å². The van der Waals surface area contributed by atoms with Crippen LogP contribution in [0.3, 0.4) is 0 Å². The minimum absolute atomic E-state index is 0.0364. The molecule has 0 aliphatic heterocycles. The summed E-state index contributed by atoms with van der Waals surface area (Å²) < 4.78 is 0. The number of carboxylic acids is 1. The molecule has 0 saturated heterocycles. The van der Waals surface area contributed by atoms with Gasteiger partial charge in [-0.05, 0) is 36.6 Å². The van der Waals surface area contributed by atoms with Gasteiger partial charge < -0.3 is 20.5 Å². The third-order valence-electron chi connectivity index (χ3n) is 3.39. The van der Waals surface area contributed by atoms with Gasteiger partial charge in [0.1, 0.15) is 11.5 Å². The number of aliphatic hydroxyl groups excluding tert-OH is 1. The normalized spacial score (nSPS) is 12.1. The average molecular weight is 289 g/mol. The SMILES string of the molecule is CCC(CO)Nc1cc(-c2c[nH]c(C(=O)O)c2)c(C)cn1. The molecule has 6 heteroatoms. The molecule has 2 aromatic rings. The summed E-state index contributed by atoms with van der Waals surface area (Å²) in [5.74, 6) is -0.327. The van der Waals surface area contributed by atoms with Crippen molar-refractivity contribution in [2.24, 2.45) is 0 Å². The van der Waals surface area contributed by atoms with Gasteiger partial charge in [0.2, 0.25) is 0 Å². The third-order valence-corrected chi connectivity index (χ3v) is 3.39. The molecule has 0 aliphatic rings. The lowest BCUT2D eigenvalue weighted by Crippen LogP contribution is -2.23. The number of aryl methyl sites for hydroxylation is 1. The van der Waals surface area contributed by atoms with Gasteiger partial charge >= 0.3 is 5.97 Å². The Morgan fingerprint density at radius 3 is 2.81 bits per heavy atom. The fraction of sp³-hybridized carbons (Fsp3) is 0.333. The number of nitrogens with one attached hydrogen (secondary N) is 2. The maximum absolute atomic E-state index is 10.9. The van der Waals surface area contributed by atoms with Gasteiger partial charge in [-0.2, -0.15) is 0 Å². The van der Waals surface area contributed by atoms with Crippen LogP contribution in [0.15, 0.2) is 24.5 Å². The van der Waals surface area contributed by atoms with E-state index in [4.69, 9.17) is 5.11 Å². The van der Waals surface area contributed by atoms with Crippen LogP contribution in [0.25, 0.3) is 11.1 Å². The second-order valence-electron chi connectivity index (χ2n) is 4.92. The maximum Gasteiger partial charge on any atom is 0.352 e. The van der Waals surface area contributed by atoms with Gasteiger partial charge in [-0.1, -0.05) is 6.92 Å². The monoisotopic (exact) mass is 289 g/mol. The number of carbonyl (C=O) groups is 1. The summed E-state index contributed by atoms with van der Waals surface area (Å²) in [6.07, 6.45) is 4.18. The van der Waals surface area contributed by atoms with Crippen LogP contribution in [0.5, 0.6) is 0 Å². The van der Waals surface area contributed by atoms with Crippen LogP contribution in [0.4, 0.5) is 5.82 Å². The Bertz CT molecular complexity index is 633. The molecular formula is C15H19N3O3. The number of aliphatic hydroxyl groups is 1. The minimum Gasteiger partial charge on any atom is -0.477 e. The van der Waals surface area contributed by atoms with Crippen molar-refractivity contribution in [3.05, 3.63) is 35.8 Å². The third kappa shape index (κ3) is 3.41. The van der Waals surface area contributed by atoms with Crippen LogP contribution >= 0.6 is 0 Å². The Kier molecular flexibility index (Phi) is 4.59. The Morgan fingerprint density at radius 1 is 1.48 bits per heavy atom. The van der Waals surface area contributed by atoms with Crippen molar-refractivity contribution >= 4 is 11.8 Å². The zero-order chi connectivity index (χ0) is 15.4. The van der Waals surface area contributed by atoms with Gasteiger partial charge in [-0.25, -0.2) is 9.78 Å². The molecule has 0 aliphatic carbocycles. The van der Waals surface area contributed by atoms with E-state index >= 15 is 0 Å². The summed E-state index contributed by atoms with van der Waals surface area (Å²) in [6.45, 7) is 3.94. The topological polar surface area (TPSA) is 98.2 Å². The zero-order valence-electron chi connectivity index (χ0n) is 12.1. The van der Waals surface area contributed by atoms with E-state index in [1.807, 2.05) is 19.9 Å². The molecule has 6 nitrogen and oxygen atoms in total. The highest BCUT2D eigenvalue weighted by molar-refractivity contribution is 5.88. The van der Waals surface area contributed by atoms with Crippen molar-refractivity contribution in [3.63, 3.8) is 0 Å². The molecule has 0 amide bonds. The summed E-state index contributed by atoms with van der Waals surface area (Å²) in [6, 6.07) is 3.41. The number of hydrogen-bond donors (Lipinski definition) is 4. The van der Waals surface area contributed by atoms with Gasteiger partial charge in [0.05, 0.1) is 12.6 Å². The molecule has 0 aromatic carbocycles. The molecule has 0 spiro atoms. The van der Waals surface area contributed by atoms with Gasteiger partial charge in [0.25, 0.3) is 0 Å². The van der Waals surface area contributed by atoms with Crippen molar-refractivity contribution in [2.75, 3.05) is 11.9 Å². The second-order valence-corrected chi connectivity index (χ2v) is 4.92. The van der Waals surface area contributed by atoms with E-state index < -0.39 is 5.97 Å². The molecule has 0 radical (unpaired) electrons. The number of aromatic nitrogens is 2. The summed E-state index contributed by atoms with van der Waals surface area (Å²) in [4.78, 5) is 18.0. The Hall–Kier alpha value is -2.34. The number of aromatic amines is 1. The molecule has 2 rings (SSSR count). The lowest BCUT2D eigenvalue weighted by Gasteiger charge is -2.15. The van der Waals surface area contributed by atoms with E-state index in [0.29, 0.717) is 5.82 Å². The predicted octanol–water partition coefficient (Wildman–Crippen LogP) is 2.27. The highest BCUT2D eigenvalue weighted by Gasteiger charge is 2.12. The Balaban J connectivity index is 2.32. The van der Waals surface area contributed by atoms with Crippen LogP contribution in [0.2, 0.25) is 0 Å². The molecule has 0 fully saturated rings. The number of H-pyrrole nitrogens is 1. The molecular weight excluding hydrogens is 270 g/mol. The van der Waals surface area contributed by atoms with Crippen LogP contribution < -0.4 is 5.32 Å². The quantitative estimate of drug-likeness (QED) is 0.654. The molecule has 2 heterocycles. The van der Waals surface area contributed by atoms with E-state index in [-0.39, 0.29) is 18.3 Å². The number of pyridine rings is 1. The highest BCUT2D eigenvalue weighted by Crippen LogP contribution is 2.26. The van der Waals surface area contributed by atoms with Crippen LogP contribution in [0, 0.1) is 6.92 Å². The lowest BCUT2D eigenvalue weighted by molar-refractivity contribution is 0.0691. The average Bonchev–Trinajstić information content (AvgIpc) is 2.96. The van der Waals surface area contributed by atoms with Crippen molar-refractivity contribution < 1.29 is 15.0 Å². The first-order chi connectivity index (χ1) is 10.0. The molecule has 0 bridgehead atoms. The Morgan fingerprint density at radius 2 is 2.24 bits per heavy atom. The second kappa shape index (κ2) is 6.41. The van der Waals surface area contributed by atoms with Crippen LogP contribution in [0.1, 0.15) is 29.4 Å². The van der Waals surface area contributed by atoms with Gasteiger partial charge in [-0.3, -0.25) is 0 Å². The van der Waals surface area contributed by atoms with Gasteiger partial charge in [-0.15, -0.1) is 0 Å². The largest absolute Gasteiger partial charge is 0.477 e. The summed E-state index contributed by atoms with van der Waals surface area (Å²) >= 11 is 0. The smallest absolute Gasteiger partial charge is 0.352 e. The number of anilines is 1. The van der Waals surface area contributed by atoms with E-state index in [9.17, 15) is 9.90 Å². The maximum atomic E-state index is 10.9. The molecule has 0 saturated carbocycles. The van der Waals surface area contributed by atoms with Crippen molar-refractivity contribution in [1.29, 1.82) is 0 Å². The fourth-order valence-corrected chi connectivity index (χ4v) is 2.07. The number of hydrogen-bond acceptors (Lipinski definition) is 4. The lowest BCUT2D eigenvalue weighted by atomic mass is 10.0. The summed E-state index contributed by atoms with van der Waals surface area (Å²) in [5, 5.41) is 21.4. The van der Waals surface area contributed by atoms with Crippen LogP contribution in [-0.4, -0.2) is 38.8 Å². The van der Waals surface area contributed by atoms with Crippen molar-refractivity contribution in [2.45, 2.75) is 26.3 Å². The minimum atomic E-state index is -0.988. The first-order valence-corrected chi connectivity index (χ1v) is 6.81. The first kappa shape index (κ1) is 15.1. The molecule has 2 aromatic heterocycles. The molecule has 21 heavy (non-hydrogen) atoms. The Labute approximate surface area is 122 Å².